The summed E-state index contributed by atoms with van der Waals surface area (Å²) in [6.07, 6.45) is 0.423. The molecule has 0 saturated carbocycles. The van der Waals surface area contributed by atoms with Crippen LogP contribution in [0.4, 0.5) is 0 Å². The van der Waals surface area contributed by atoms with Gasteiger partial charge in [0.05, 0.1) is 11.1 Å². The molecule has 182 valence electrons. The Hall–Kier alpha value is -4.50. The van der Waals surface area contributed by atoms with Crippen molar-refractivity contribution in [2.24, 2.45) is 5.73 Å². The lowest BCUT2D eigenvalue weighted by molar-refractivity contribution is 0.0735. The molecule has 4 N–H and O–H groups in total. The van der Waals surface area contributed by atoms with Gasteiger partial charge in [0.1, 0.15) is 11.5 Å². The van der Waals surface area contributed by atoms with Crippen LogP contribution in [0.15, 0.2) is 71.5 Å². The molecular formula is C27H25N5O4. The lowest BCUT2D eigenvalue weighted by Gasteiger charge is -2.27. The molecule has 36 heavy (non-hydrogen) atoms. The summed E-state index contributed by atoms with van der Waals surface area (Å²) >= 11 is 0. The van der Waals surface area contributed by atoms with Crippen molar-refractivity contribution >= 4 is 22.6 Å². The van der Waals surface area contributed by atoms with Crippen molar-refractivity contribution in [3.05, 3.63) is 99.5 Å². The van der Waals surface area contributed by atoms with Gasteiger partial charge in [-0.05, 0) is 60.2 Å². The first-order valence-electron chi connectivity index (χ1n) is 11.7. The van der Waals surface area contributed by atoms with Gasteiger partial charge >= 0.3 is 0 Å². The third kappa shape index (κ3) is 4.96. The summed E-state index contributed by atoms with van der Waals surface area (Å²) in [4.78, 5) is 38.5. The molecule has 9 heteroatoms. The largest absolute Gasteiger partial charge is 0.457 e. The maximum absolute atomic E-state index is 12.9. The highest BCUT2D eigenvalue weighted by molar-refractivity contribution is 5.94. The van der Waals surface area contributed by atoms with Gasteiger partial charge in [0, 0.05) is 49.1 Å². The van der Waals surface area contributed by atoms with Crippen LogP contribution in [0.2, 0.25) is 0 Å². The first-order chi connectivity index (χ1) is 17.5. The molecule has 0 aliphatic carbocycles. The molecule has 0 spiro atoms. The topological polar surface area (TPSA) is 130 Å². The molecule has 3 aromatic carbocycles. The molecule has 5 rings (SSSR count). The minimum Gasteiger partial charge on any atom is -0.457 e. The maximum atomic E-state index is 12.9. The number of piperazine rings is 1. The predicted molar refractivity (Wildman–Crippen MR) is 135 cm³/mol. The number of carbonyl (C=O) groups excluding carboxylic acids is 2. The second-order valence-corrected chi connectivity index (χ2v) is 8.62. The Morgan fingerprint density at radius 1 is 0.917 bits per heavy atom. The number of fused-ring (bicyclic) bond motifs is 1. The standard InChI is InChI=1S/C27H25N5O4/c28-25(33)18-4-6-20(7-5-18)36-21-8-9-22-23(16-21)24(30-31-26(22)34)15-17-2-1-3-19(14-17)27(35)32-12-10-29-11-13-32/h1-9,14,16,29H,10-13,15H2,(H2,28,33)(H,31,34). The Labute approximate surface area is 206 Å². The van der Waals surface area contributed by atoms with Crippen LogP contribution in [0.5, 0.6) is 11.5 Å². The minimum atomic E-state index is -0.513. The third-order valence-corrected chi connectivity index (χ3v) is 6.16. The van der Waals surface area contributed by atoms with Crippen LogP contribution in [0.1, 0.15) is 32.0 Å². The number of nitrogens with zero attached hydrogens (tertiary/aromatic N) is 2. The summed E-state index contributed by atoms with van der Waals surface area (Å²) in [5.74, 6) is 0.542. The van der Waals surface area contributed by atoms with E-state index in [2.05, 4.69) is 15.5 Å². The fraction of sp³-hybridized carbons (Fsp3) is 0.185. The van der Waals surface area contributed by atoms with E-state index in [4.69, 9.17) is 10.5 Å². The average Bonchev–Trinajstić information content (AvgIpc) is 2.91. The molecule has 1 aliphatic rings. The molecule has 2 heterocycles. The fourth-order valence-corrected chi connectivity index (χ4v) is 4.28. The van der Waals surface area contributed by atoms with E-state index in [1.807, 2.05) is 29.2 Å². The van der Waals surface area contributed by atoms with Gasteiger partial charge < -0.3 is 20.7 Å². The van der Waals surface area contributed by atoms with E-state index in [9.17, 15) is 14.4 Å². The van der Waals surface area contributed by atoms with Crippen molar-refractivity contribution in [2.75, 3.05) is 26.2 Å². The number of benzene rings is 3. The van der Waals surface area contributed by atoms with E-state index in [1.54, 1.807) is 42.5 Å². The van der Waals surface area contributed by atoms with Gasteiger partial charge in [-0.2, -0.15) is 5.10 Å². The van der Waals surface area contributed by atoms with Gasteiger partial charge in [-0.3, -0.25) is 14.4 Å². The van der Waals surface area contributed by atoms with Crippen LogP contribution in [0, 0.1) is 0 Å². The van der Waals surface area contributed by atoms with Crippen LogP contribution < -0.4 is 21.3 Å². The minimum absolute atomic E-state index is 0.00989. The molecule has 0 atom stereocenters. The van der Waals surface area contributed by atoms with E-state index in [0.29, 0.717) is 58.6 Å². The van der Waals surface area contributed by atoms with E-state index in [-0.39, 0.29) is 11.5 Å². The number of H-pyrrole nitrogens is 1. The summed E-state index contributed by atoms with van der Waals surface area (Å²) in [7, 11) is 0. The number of ether oxygens (including phenoxy) is 1. The molecule has 1 fully saturated rings. The van der Waals surface area contributed by atoms with Crippen molar-refractivity contribution in [1.29, 1.82) is 0 Å². The number of nitrogens with two attached hydrogens (primary N) is 1. The summed E-state index contributed by atoms with van der Waals surface area (Å²) < 4.78 is 5.94. The van der Waals surface area contributed by atoms with Crippen LogP contribution in [-0.2, 0) is 6.42 Å². The molecule has 1 saturated heterocycles. The third-order valence-electron chi connectivity index (χ3n) is 6.16. The second-order valence-electron chi connectivity index (χ2n) is 8.62. The van der Waals surface area contributed by atoms with Crippen LogP contribution >= 0.6 is 0 Å². The zero-order chi connectivity index (χ0) is 25.1. The van der Waals surface area contributed by atoms with Gasteiger partial charge in [0.2, 0.25) is 5.91 Å². The van der Waals surface area contributed by atoms with Gasteiger partial charge in [-0.25, -0.2) is 5.10 Å². The van der Waals surface area contributed by atoms with Crippen molar-refractivity contribution in [2.45, 2.75) is 6.42 Å². The van der Waals surface area contributed by atoms with Crippen molar-refractivity contribution in [1.82, 2.24) is 20.4 Å². The normalized spacial score (nSPS) is 13.5. The fourth-order valence-electron chi connectivity index (χ4n) is 4.28. The number of hydrogen-bond acceptors (Lipinski definition) is 6. The number of nitrogens with one attached hydrogen (secondary N) is 2. The Morgan fingerprint density at radius 2 is 1.67 bits per heavy atom. The van der Waals surface area contributed by atoms with Gasteiger partial charge in [-0.15, -0.1) is 0 Å². The molecule has 1 aromatic heterocycles. The first-order valence-corrected chi connectivity index (χ1v) is 11.7. The van der Waals surface area contributed by atoms with E-state index in [1.165, 1.54) is 0 Å². The highest BCUT2D eigenvalue weighted by atomic mass is 16.5. The predicted octanol–water partition coefficient (Wildman–Crippen LogP) is 2.45. The quantitative estimate of drug-likeness (QED) is 0.386. The smallest absolute Gasteiger partial charge is 0.272 e. The molecule has 1 aliphatic heterocycles. The van der Waals surface area contributed by atoms with Crippen LogP contribution in [0.3, 0.4) is 0 Å². The van der Waals surface area contributed by atoms with Crippen molar-refractivity contribution in [3.63, 3.8) is 0 Å². The first kappa shape index (κ1) is 23.3. The number of carbonyl (C=O) groups is 2. The molecule has 4 aromatic rings. The van der Waals surface area contributed by atoms with Gasteiger partial charge in [0.25, 0.3) is 11.5 Å². The Balaban J connectivity index is 1.42. The maximum Gasteiger partial charge on any atom is 0.272 e. The summed E-state index contributed by atoms with van der Waals surface area (Å²) in [5, 5.41) is 11.3. The SMILES string of the molecule is NC(=O)c1ccc(Oc2ccc3c(=O)[nH]nc(Cc4cccc(C(=O)N5CCNCC5)c4)c3c2)cc1. The van der Waals surface area contributed by atoms with Crippen LogP contribution in [0.25, 0.3) is 10.8 Å². The zero-order valence-electron chi connectivity index (χ0n) is 19.5. The molecule has 2 amide bonds. The van der Waals surface area contributed by atoms with E-state index < -0.39 is 5.91 Å². The summed E-state index contributed by atoms with van der Waals surface area (Å²) in [6, 6.07) is 19.2. The average molecular weight is 484 g/mol. The number of rotatable bonds is 6. The molecule has 0 radical (unpaired) electrons. The molecule has 9 nitrogen and oxygen atoms in total. The van der Waals surface area contributed by atoms with Crippen molar-refractivity contribution < 1.29 is 14.3 Å². The Kier molecular flexibility index (Phi) is 6.46. The highest BCUT2D eigenvalue weighted by Crippen LogP contribution is 2.27. The molecule has 0 bridgehead atoms. The molecule has 0 unspecified atom stereocenters. The Morgan fingerprint density at radius 3 is 2.42 bits per heavy atom. The zero-order valence-corrected chi connectivity index (χ0v) is 19.5. The summed E-state index contributed by atoms with van der Waals surface area (Å²) in [6.45, 7) is 2.95. The highest BCUT2D eigenvalue weighted by Gasteiger charge is 2.18. The van der Waals surface area contributed by atoms with Crippen LogP contribution in [-0.4, -0.2) is 53.1 Å². The lowest BCUT2D eigenvalue weighted by Crippen LogP contribution is -2.46. The number of amides is 2. The van der Waals surface area contributed by atoms with E-state index in [0.717, 1.165) is 18.7 Å². The lowest BCUT2D eigenvalue weighted by atomic mass is 10.0. The Bertz CT molecular complexity index is 1490. The number of aromatic amines is 1. The van der Waals surface area contributed by atoms with Gasteiger partial charge in [0.15, 0.2) is 0 Å². The van der Waals surface area contributed by atoms with Gasteiger partial charge in [-0.1, -0.05) is 12.1 Å². The second kappa shape index (κ2) is 10.0. The number of aromatic nitrogens is 2. The monoisotopic (exact) mass is 483 g/mol. The summed E-state index contributed by atoms with van der Waals surface area (Å²) in [5.41, 5.74) is 7.58. The number of hydrogen-bond donors (Lipinski definition) is 3. The molecular weight excluding hydrogens is 458 g/mol. The number of primary amides is 1. The van der Waals surface area contributed by atoms with E-state index >= 15 is 0 Å². The van der Waals surface area contributed by atoms with Crippen molar-refractivity contribution in [3.8, 4) is 11.5 Å².